The van der Waals surface area contributed by atoms with Crippen molar-refractivity contribution < 1.29 is 14.2 Å². The van der Waals surface area contributed by atoms with Crippen LogP contribution in [0.2, 0.25) is 0 Å². The zero-order chi connectivity index (χ0) is 14.8. The van der Waals surface area contributed by atoms with E-state index < -0.39 is 0 Å². The third kappa shape index (κ3) is 4.90. The van der Waals surface area contributed by atoms with E-state index in [9.17, 15) is 0 Å². The monoisotopic (exact) mass is 282 g/mol. The summed E-state index contributed by atoms with van der Waals surface area (Å²) in [4.78, 5) is 0. The van der Waals surface area contributed by atoms with E-state index in [0.717, 1.165) is 43.9 Å². The first-order chi connectivity index (χ1) is 9.76. The number of methoxy groups -OCH3 is 3. The molecule has 1 aromatic carbocycles. The van der Waals surface area contributed by atoms with E-state index in [0.29, 0.717) is 11.5 Å². The number of hydrogen-bond acceptors (Lipinski definition) is 5. The zero-order valence-electron chi connectivity index (χ0n) is 12.9. The summed E-state index contributed by atoms with van der Waals surface area (Å²) in [5, 5.41) is 6.74. The normalized spacial score (nSPS) is 10.4. The topological polar surface area (TPSA) is 51.8 Å². The molecule has 0 bridgehead atoms. The van der Waals surface area contributed by atoms with Gasteiger partial charge >= 0.3 is 0 Å². The van der Waals surface area contributed by atoms with Crippen molar-refractivity contribution in [1.29, 1.82) is 0 Å². The average molecular weight is 282 g/mol. The predicted octanol–water partition coefficient (Wildman–Crippen LogP) is 1.80. The van der Waals surface area contributed by atoms with Gasteiger partial charge in [0.05, 0.1) is 21.3 Å². The minimum absolute atomic E-state index is 0.678. The van der Waals surface area contributed by atoms with E-state index in [-0.39, 0.29) is 0 Å². The second-order valence-electron chi connectivity index (χ2n) is 4.45. The predicted molar refractivity (Wildman–Crippen MR) is 81.0 cm³/mol. The van der Waals surface area contributed by atoms with E-state index in [1.54, 1.807) is 21.3 Å². The summed E-state index contributed by atoms with van der Waals surface area (Å²) in [6.07, 6.45) is 1.16. The lowest BCUT2D eigenvalue weighted by molar-refractivity contribution is 0.347. The van der Waals surface area contributed by atoms with E-state index in [1.807, 2.05) is 12.1 Å². The van der Waals surface area contributed by atoms with Gasteiger partial charge in [0.1, 0.15) is 5.75 Å². The summed E-state index contributed by atoms with van der Waals surface area (Å²) in [5.41, 5.74) is 1.06. The van der Waals surface area contributed by atoms with Gasteiger partial charge in [0.15, 0.2) is 11.5 Å². The Hall–Kier alpha value is -1.46. The Bertz CT molecular complexity index is 397. The van der Waals surface area contributed by atoms with Crippen molar-refractivity contribution in [1.82, 2.24) is 10.6 Å². The van der Waals surface area contributed by atoms with Gasteiger partial charge in [-0.2, -0.15) is 0 Å². The Morgan fingerprint density at radius 1 is 0.800 bits per heavy atom. The third-order valence-corrected chi connectivity index (χ3v) is 3.01. The smallest absolute Gasteiger partial charge is 0.164 e. The summed E-state index contributed by atoms with van der Waals surface area (Å²) in [6.45, 7) is 5.83. The number of rotatable bonds is 10. The van der Waals surface area contributed by atoms with Gasteiger partial charge in [-0.25, -0.2) is 0 Å². The Kier molecular flexibility index (Phi) is 7.84. The average Bonchev–Trinajstić information content (AvgIpc) is 2.49. The molecule has 1 rings (SSSR count). The lowest BCUT2D eigenvalue weighted by Crippen LogP contribution is -2.27. The maximum absolute atomic E-state index is 5.39. The Labute approximate surface area is 121 Å². The molecule has 0 fully saturated rings. The Balaban J connectivity index is 2.59. The third-order valence-electron chi connectivity index (χ3n) is 3.01. The Morgan fingerprint density at radius 3 is 2.00 bits per heavy atom. The molecule has 114 valence electrons. The molecule has 20 heavy (non-hydrogen) atoms. The summed E-state index contributed by atoms with van der Waals surface area (Å²) in [7, 11) is 4.92. The van der Waals surface area contributed by atoms with Gasteiger partial charge in [0, 0.05) is 31.3 Å². The highest BCUT2D eigenvalue weighted by atomic mass is 16.5. The van der Waals surface area contributed by atoms with Crippen LogP contribution in [0.1, 0.15) is 18.9 Å². The van der Waals surface area contributed by atoms with Crippen molar-refractivity contribution in [2.75, 3.05) is 41.0 Å². The quantitative estimate of drug-likeness (QED) is 0.641. The lowest BCUT2D eigenvalue weighted by Gasteiger charge is -2.14. The highest BCUT2D eigenvalue weighted by Gasteiger charge is 2.11. The fourth-order valence-electron chi connectivity index (χ4n) is 1.93. The molecule has 0 aliphatic carbocycles. The fraction of sp³-hybridized carbons (Fsp3) is 0.600. The molecule has 0 spiro atoms. The van der Waals surface area contributed by atoms with Gasteiger partial charge in [-0.05, 0) is 19.0 Å². The van der Waals surface area contributed by atoms with Crippen LogP contribution in [0.25, 0.3) is 0 Å². The van der Waals surface area contributed by atoms with Gasteiger partial charge in [0.2, 0.25) is 0 Å². The molecule has 0 aliphatic rings. The minimum Gasteiger partial charge on any atom is -0.496 e. The van der Waals surface area contributed by atoms with Crippen molar-refractivity contribution in [2.24, 2.45) is 0 Å². The number of hydrogen-bond donors (Lipinski definition) is 2. The molecule has 0 atom stereocenters. The van der Waals surface area contributed by atoms with Gasteiger partial charge in [-0.15, -0.1) is 0 Å². The van der Waals surface area contributed by atoms with Crippen LogP contribution >= 0.6 is 0 Å². The number of ether oxygens (including phenoxy) is 3. The van der Waals surface area contributed by atoms with Gasteiger partial charge in [-0.3, -0.25) is 0 Å². The number of benzene rings is 1. The van der Waals surface area contributed by atoms with Crippen LogP contribution in [0.4, 0.5) is 0 Å². The maximum atomic E-state index is 5.39. The SMILES string of the molecule is CCCNCCNCc1cc(OC)c(OC)cc1OC. The van der Waals surface area contributed by atoms with Crippen LogP contribution in [-0.2, 0) is 6.54 Å². The summed E-state index contributed by atoms with van der Waals surface area (Å²) >= 11 is 0. The Morgan fingerprint density at radius 2 is 1.40 bits per heavy atom. The molecule has 0 saturated carbocycles. The summed E-state index contributed by atoms with van der Waals surface area (Å²) in [5.74, 6) is 2.20. The first-order valence-corrected chi connectivity index (χ1v) is 6.97. The van der Waals surface area contributed by atoms with E-state index in [2.05, 4.69) is 17.6 Å². The lowest BCUT2D eigenvalue weighted by atomic mass is 10.1. The van der Waals surface area contributed by atoms with Crippen LogP contribution in [0.5, 0.6) is 17.2 Å². The molecule has 0 radical (unpaired) electrons. The highest BCUT2D eigenvalue weighted by molar-refractivity contribution is 5.50. The van der Waals surface area contributed by atoms with E-state index in [1.165, 1.54) is 0 Å². The molecule has 2 N–H and O–H groups in total. The van der Waals surface area contributed by atoms with Crippen molar-refractivity contribution in [3.05, 3.63) is 17.7 Å². The number of nitrogens with one attached hydrogen (secondary N) is 2. The molecule has 0 aromatic heterocycles. The van der Waals surface area contributed by atoms with Crippen LogP contribution in [0, 0.1) is 0 Å². The second kappa shape index (κ2) is 9.44. The van der Waals surface area contributed by atoms with E-state index in [4.69, 9.17) is 14.2 Å². The highest BCUT2D eigenvalue weighted by Crippen LogP contribution is 2.34. The second-order valence-corrected chi connectivity index (χ2v) is 4.45. The first kappa shape index (κ1) is 16.6. The largest absolute Gasteiger partial charge is 0.496 e. The van der Waals surface area contributed by atoms with Crippen LogP contribution < -0.4 is 24.8 Å². The molecule has 0 aliphatic heterocycles. The van der Waals surface area contributed by atoms with Crippen molar-refractivity contribution >= 4 is 0 Å². The van der Waals surface area contributed by atoms with Crippen LogP contribution in [0.3, 0.4) is 0 Å². The van der Waals surface area contributed by atoms with Gasteiger partial charge < -0.3 is 24.8 Å². The van der Waals surface area contributed by atoms with Gasteiger partial charge in [-0.1, -0.05) is 6.92 Å². The fourth-order valence-corrected chi connectivity index (χ4v) is 1.93. The van der Waals surface area contributed by atoms with Crippen molar-refractivity contribution in [3.8, 4) is 17.2 Å². The molecular formula is C15H26N2O3. The van der Waals surface area contributed by atoms with Crippen molar-refractivity contribution in [2.45, 2.75) is 19.9 Å². The van der Waals surface area contributed by atoms with Crippen LogP contribution in [0.15, 0.2) is 12.1 Å². The molecule has 5 nitrogen and oxygen atoms in total. The molecule has 5 heteroatoms. The van der Waals surface area contributed by atoms with Crippen molar-refractivity contribution in [3.63, 3.8) is 0 Å². The minimum atomic E-state index is 0.678. The summed E-state index contributed by atoms with van der Waals surface area (Å²) < 4.78 is 16.0. The zero-order valence-corrected chi connectivity index (χ0v) is 12.9. The van der Waals surface area contributed by atoms with E-state index >= 15 is 0 Å². The molecule has 1 aromatic rings. The molecule has 0 unspecified atom stereocenters. The maximum Gasteiger partial charge on any atom is 0.164 e. The van der Waals surface area contributed by atoms with Gasteiger partial charge in [0.25, 0.3) is 0 Å². The molecular weight excluding hydrogens is 256 g/mol. The molecule has 0 amide bonds. The summed E-state index contributed by atoms with van der Waals surface area (Å²) in [6, 6.07) is 3.80. The molecule has 0 saturated heterocycles. The standard InChI is InChI=1S/C15H26N2O3/c1-5-6-16-7-8-17-11-12-9-14(19-3)15(20-4)10-13(12)18-2/h9-10,16-17H,5-8,11H2,1-4H3. The molecule has 0 heterocycles. The first-order valence-electron chi connectivity index (χ1n) is 6.97. The van der Waals surface area contributed by atoms with Crippen LogP contribution in [-0.4, -0.2) is 41.0 Å².